The van der Waals surface area contributed by atoms with E-state index < -0.39 is 0 Å². The first-order valence-corrected chi connectivity index (χ1v) is 3.63. The fourth-order valence-corrected chi connectivity index (χ4v) is 1.09. The zero-order valence-corrected chi connectivity index (χ0v) is 7.50. The van der Waals surface area contributed by atoms with Gasteiger partial charge in [-0.25, -0.2) is 5.84 Å². The zero-order valence-electron chi connectivity index (χ0n) is 7.50. The van der Waals surface area contributed by atoms with E-state index in [0.717, 1.165) is 11.4 Å². The summed E-state index contributed by atoms with van der Waals surface area (Å²) < 4.78 is 1.73. The van der Waals surface area contributed by atoms with E-state index in [1.807, 2.05) is 20.0 Å². The van der Waals surface area contributed by atoms with Crippen molar-refractivity contribution in [1.29, 1.82) is 0 Å². The summed E-state index contributed by atoms with van der Waals surface area (Å²) in [5.41, 5.74) is 4.35. The summed E-state index contributed by atoms with van der Waals surface area (Å²) in [7, 11) is 3.53. The van der Waals surface area contributed by atoms with E-state index in [1.54, 1.807) is 11.7 Å². The van der Waals surface area contributed by atoms with Crippen LogP contribution in [0.4, 0.5) is 0 Å². The van der Waals surface area contributed by atoms with Gasteiger partial charge in [0, 0.05) is 14.1 Å². The van der Waals surface area contributed by atoms with Gasteiger partial charge in [-0.3, -0.25) is 9.67 Å². The second kappa shape index (κ2) is 3.36. The Labute approximate surface area is 71.3 Å². The van der Waals surface area contributed by atoms with E-state index in [4.69, 9.17) is 5.84 Å². The minimum atomic E-state index is 0.637. The van der Waals surface area contributed by atoms with Crippen LogP contribution < -0.4 is 11.3 Å². The van der Waals surface area contributed by atoms with E-state index in [9.17, 15) is 0 Å². The minimum Gasteiger partial charge on any atom is -0.307 e. The van der Waals surface area contributed by atoms with Crippen molar-refractivity contribution in [3.63, 3.8) is 0 Å². The average Bonchev–Trinajstić information content (AvgIpc) is 2.34. The fraction of sp³-hybridized carbons (Fsp3) is 0.429. The Morgan fingerprint density at radius 2 is 2.42 bits per heavy atom. The van der Waals surface area contributed by atoms with Crippen LogP contribution in [-0.2, 0) is 7.05 Å². The SMILES string of the molecule is CN=C(NN)c1cc(C)nn1C. The number of nitrogens with two attached hydrogens (primary N) is 1. The second-order valence-electron chi connectivity index (χ2n) is 2.51. The molecule has 0 saturated heterocycles. The number of rotatable bonds is 1. The number of amidine groups is 1. The first-order valence-electron chi connectivity index (χ1n) is 3.63. The van der Waals surface area contributed by atoms with Crippen LogP contribution in [0, 0.1) is 6.92 Å². The molecule has 1 aromatic heterocycles. The smallest absolute Gasteiger partial charge is 0.160 e. The van der Waals surface area contributed by atoms with Gasteiger partial charge in [-0.05, 0) is 13.0 Å². The number of hydrogen-bond acceptors (Lipinski definition) is 3. The summed E-state index contributed by atoms with van der Waals surface area (Å²) in [6.07, 6.45) is 0. The molecule has 0 aliphatic carbocycles. The first kappa shape index (κ1) is 8.73. The molecule has 0 spiro atoms. The molecule has 12 heavy (non-hydrogen) atoms. The lowest BCUT2D eigenvalue weighted by Gasteiger charge is -2.03. The standard InChI is InChI=1S/C7H13N5/c1-5-4-6(12(3)11-5)7(9-2)10-8/h4H,8H2,1-3H3,(H,9,10). The monoisotopic (exact) mass is 167 g/mol. The quantitative estimate of drug-likeness (QED) is 0.258. The highest BCUT2D eigenvalue weighted by atomic mass is 15.3. The highest BCUT2D eigenvalue weighted by Crippen LogP contribution is 2.01. The summed E-state index contributed by atoms with van der Waals surface area (Å²) in [5.74, 6) is 5.91. The van der Waals surface area contributed by atoms with Crippen molar-refractivity contribution in [1.82, 2.24) is 15.2 Å². The van der Waals surface area contributed by atoms with Gasteiger partial charge in [-0.15, -0.1) is 0 Å². The molecule has 0 aliphatic heterocycles. The summed E-state index contributed by atoms with van der Waals surface area (Å²) >= 11 is 0. The second-order valence-corrected chi connectivity index (χ2v) is 2.51. The first-order chi connectivity index (χ1) is 5.69. The molecule has 1 rings (SSSR count). The van der Waals surface area contributed by atoms with Crippen molar-refractivity contribution in [3.8, 4) is 0 Å². The van der Waals surface area contributed by atoms with Crippen molar-refractivity contribution in [2.24, 2.45) is 17.9 Å². The van der Waals surface area contributed by atoms with Crippen molar-refractivity contribution < 1.29 is 0 Å². The van der Waals surface area contributed by atoms with Crippen molar-refractivity contribution in [2.75, 3.05) is 7.05 Å². The minimum absolute atomic E-state index is 0.637. The Hall–Kier alpha value is -1.36. The number of nitrogens with one attached hydrogen (secondary N) is 1. The number of aryl methyl sites for hydroxylation is 2. The van der Waals surface area contributed by atoms with Gasteiger partial charge in [-0.2, -0.15) is 5.10 Å². The number of nitrogens with zero attached hydrogens (tertiary/aromatic N) is 3. The van der Waals surface area contributed by atoms with E-state index in [2.05, 4.69) is 15.5 Å². The van der Waals surface area contributed by atoms with Crippen LogP contribution in [-0.4, -0.2) is 22.7 Å². The zero-order chi connectivity index (χ0) is 9.14. The summed E-state index contributed by atoms with van der Waals surface area (Å²) in [6, 6.07) is 1.92. The molecular formula is C7H13N5. The lowest BCUT2D eigenvalue weighted by Crippen LogP contribution is -2.32. The van der Waals surface area contributed by atoms with Crippen LogP contribution >= 0.6 is 0 Å². The number of aliphatic imine (C=N–C) groups is 1. The summed E-state index contributed by atoms with van der Waals surface area (Å²) in [4.78, 5) is 3.97. The van der Waals surface area contributed by atoms with Gasteiger partial charge in [0.1, 0.15) is 5.69 Å². The van der Waals surface area contributed by atoms with Crippen LogP contribution in [0.5, 0.6) is 0 Å². The summed E-state index contributed by atoms with van der Waals surface area (Å²) in [6.45, 7) is 1.92. The van der Waals surface area contributed by atoms with Crippen LogP contribution in [0.1, 0.15) is 11.4 Å². The molecule has 0 bridgehead atoms. The molecule has 0 fully saturated rings. The van der Waals surface area contributed by atoms with Gasteiger partial charge >= 0.3 is 0 Å². The lowest BCUT2D eigenvalue weighted by molar-refractivity contribution is 0.743. The van der Waals surface area contributed by atoms with E-state index >= 15 is 0 Å². The molecule has 3 N–H and O–H groups in total. The highest BCUT2D eigenvalue weighted by molar-refractivity contribution is 5.96. The van der Waals surface area contributed by atoms with Crippen molar-refractivity contribution in [3.05, 3.63) is 17.5 Å². The van der Waals surface area contributed by atoms with E-state index in [-0.39, 0.29) is 0 Å². The Balaban J connectivity index is 3.09. The number of aromatic nitrogens is 2. The molecule has 0 amide bonds. The predicted molar refractivity (Wildman–Crippen MR) is 47.7 cm³/mol. The molecule has 66 valence electrons. The van der Waals surface area contributed by atoms with Crippen LogP contribution in [0.25, 0.3) is 0 Å². The van der Waals surface area contributed by atoms with Crippen LogP contribution in [0.15, 0.2) is 11.1 Å². The predicted octanol–water partition coefficient (Wildman–Crippen LogP) is -0.432. The van der Waals surface area contributed by atoms with Gasteiger partial charge < -0.3 is 5.43 Å². The molecule has 1 aromatic rings. The molecular weight excluding hydrogens is 154 g/mol. The fourth-order valence-electron chi connectivity index (χ4n) is 1.09. The largest absolute Gasteiger partial charge is 0.307 e. The lowest BCUT2D eigenvalue weighted by atomic mass is 10.3. The molecule has 5 heteroatoms. The normalized spacial score (nSPS) is 11.8. The van der Waals surface area contributed by atoms with Crippen LogP contribution in [0.3, 0.4) is 0 Å². The van der Waals surface area contributed by atoms with Gasteiger partial charge in [0.05, 0.1) is 5.69 Å². The van der Waals surface area contributed by atoms with Gasteiger partial charge in [0.25, 0.3) is 0 Å². The molecule has 5 nitrogen and oxygen atoms in total. The Bertz CT molecular complexity index is 299. The molecule has 0 unspecified atom stereocenters. The molecule has 0 aliphatic rings. The van der Waals surface area contributed by atoms with E-state index in [0.29, 0.717) is 5.84 Å². The van der Waals surface area contributed by atoms with Gasteiger partial charge in [0.2, 0.25) is 0 Å². The van der Waals surface area contributed by atoms with Crippen LogP contribution in [0.2, 0.25) is 0 Å². The van der Waals surface area contributed by atoms with E-state index in [1.165, 1.54) is 0 Å². The maximum absolute atomic E-state index is 5.27. The number of hydrogen-bond donors (Lipinski definition) is 2. The molecule has 1 heterocycles. The Kier molecular flexibility index (Phi) is 2.44. The third-order valence-corrected chi connectivity index (χ3v) is 1.60. The average molecular weight is 167 g/mol. The molecule has 0 atom stereocenters. The Morgan fingerprint density at radius 3 is 2.75 bits per heavy atom. The molecule has 0 aromatic carbocycles. The number of hydrazine groups is 1. The maximum Gasteiger partial charge on any atom is 0.160 e. The maximum atomic E-state index is 5.27. The molecule has 0 saturated carbocycles. The Morgan fingerprint density at radius 1 is 1.75 bits per heavy atom. The third kappa shape index (κ3) is 1.45. The van der Waals surface area contributed by atoms with Gasteiger partial charge in [-0.1, -0.05) is 0 Å². The molecule has 0 radical (unpaired) electrons. The topological polar surface area (TPSA) is 68.2 Å². The highest BCUT2D eigenvalue weighted by Gasteiger charge is 2.06. The van der Waals surface area contributed by atoms with Gasteiger partial charge in [0.15, 0.2) is 5.84 Å². The van der Waals surface area contributed by atoms with Crippen molar-refractivity contribution in [2.45, 2.75) is 6.92 Å². The third-order valence-electron chi connectivity index (χ3n) is 1.60. The van der Waals surface area contributed by atoms with Crippen molar-refractivity contribution >= 4 is 5.84 Å². The summed E-state index contributed by atoms with van der Waals surface area (Å²) in [5, 5.41) is 4.17.